The lowest BCUT2D eigenvalue weighted by Crippen LogP contribution is -2.20. The maximum atomic E-state index is 13.7. The van der Waals surface area contributed by atoms with Crippen LogP contribution in [0.15, 0.2) is 79.0 Å². The standard InChI is InChI=1S/C23H17F3N2O/c1-28-13-12-16-14-17(10-11-20(16)28)27-22(29)21-18(15-6-3-2-4-7-15)8-5-9-19(21)23(24,25)26/h2-14H,1H3,(H,27,29). The molecule has 0 saturated heterocycles. The molecule has 0 aliphatic rings. The van der Waals surface area contributed by atoms with Crippen LogP contribution in [-0.2, 0) is 13.2 Å². The van der Waals surface area contributed by atoms with Crippen molar-refractivity contribution in [3.63, 3.8) is 0 Å². The highest BCUT2D eigenvalue weighted by molar-refractivity contribution is 6.10. The summed E-state index contributed by atoms with van der Waals surface area (Å²) in [5.74, 6) is -0.799. The van der Waals surface area contributed by atoms with Crippen molar-refractivity contribution in [3.8, 4) is 11.1 Å². The van der Waals surface area contributed by atoms with Gasteiger partial charge >= 0.3 is 6.18 Å². The lowest BCUT2D eigenvalue weighted by molar-refractivity contribution is -0.137. The highest BCUT2D eigenvalue weighted by Crippen LogP contribution is 2.37. The first-order chi connectivity index (χ1) is 13.8. The molecular weight excluding hydrogens is 377 g/mol. The van der Waals surface area contributed by atoms with Crippen molar-refractivity contribution in [1.29, 1.82) is 0 Å². The minimum absolute atomic E-state index is 0.235. The average Bonchev–Trinajstić information content (AvgIpc) is 3.07. The lowest BCUT2D eigenvalue weighted by atomic mass is 9.94. The van der Waals surface area contributed by atoms with E-state index in [2.05, 4.69) is 5.32 Å². The Morgan fingerprint density at radius 1 is 0.931 bits per heavy atom. The van der Waals surface area contributed by atoms with Crippen LogP contribution in [0.4, 0.5) is 18.9 Å². The molecule has 6 heteroatoms. The van der Waals surface area contributed by atoms with Crippen molar-refractivity contribution in [2.24, 2.45) is 7.05 Å². The van der Waals surface area contributed by atoms with Gasteiger partial charge in [-0.15, -0.1) is 0 Å². The monoisotopic (exact) mass is 394 g/mol. The third kappa shape index (κ3) is 3.61. The number of carbonyl (C=O) groups is 1. The van der Waals surface area contributed by atoms with Crippen LogP contribution in [0.25, 0.3) is 22.0 Å². The molecule has 0 spiro atoms. The number of nitrogens with zero attached hydrogens (tertiary/aromatic N) is 1. The molecule has 4 rings (SSSR count). The summed E-state index contributed by atoms with van der Waals surface area (Å²) in [6.45, 7) is 0. The lowest BCUT2D eigenvalue weighted by Gasteiger charge is -2.17. The number of nitrogens with one attached hydrogen (secondary N) is 1. The molecule has 0 bridgehead atoms. The summed E-state index contributed by atoms with van der Waals surface area (Å²) < 4.78 is 42.9. The molecule has 0 aliphatic heterocycles. The van der Waals surface area contributed by atoms with Gasteiger partial charge in [-0.05, 0) is 41.5 Å². The highest BCUT2D eigenvalue weighted by Gasteiger charge is 2.36. The Hall–Kier alpha value is -3.54. The van der Waals surface area contributed by atoms with Gasteiger partial charge in [0, 0.05) is 29.8 Å². The third-order valence-corrected chi connectivity index (χ3v) is 4.82. The molecule has 1 amide bonds. The second-order valence-electron chi connectivity index (χ2n) is 6.75. The second-order valence-corrected chi connectivity index (χ2v) is 6.75. The fraction of sp³-hybridized carbons (Fsp3) is 0.0870. The molecule has 0 radical (unpaired) electrons. The molecule has 0 saturated carbocycles. The molecule has 29 heavy (non-hydrogen) atoms. The Balaban J connectivity index is 1.80. The van der Waals surface area contributed by atoms with Crippen molar-refractivity contribution in [2.45, 2.75) is 6.18 Å². The second kappa shape index (κ2) is 7.13. The van der Waals surface area contributed by atoms with E-state index in [1.807, 2.05) is 29.9 Å². The van der Waals surface area contributed by atoms with Gasteiger partial charge in [0.1, 0.15) is 0 Å². The van der Waals surface area contributed by atoms with Gasteiger partial charge in [-0.1, -0.05) is 42.5 Å². The predicted molar refractivity (Wildman–Crippen MR) is 108 cm³/mol. The summed E-state index contributed by atoms with van der Waals surface area (Å²) >= 11 is 0. The quantitative estimate of drug-likeness (QED) is 0.446. The van der Waals surface area contributed by atoms with Crippen molar-refractivity contribution < 1.29 is 18.0 Å². The van der Waals surface area contributed by atoms with Crippen molar-refractivity contribution in [2.75, 3.05) is 5.32 Å². The van der Waals surface area contributed by atoms with E-state index in [9.17, 15) is 18.0 Å². The number of fused-ring (bicyclic) bond motifs is 1. The fourth-order valence-corrected chi connectivity index (χ4v) is 3.44. The zero-order valence-corrected chi connectivity index (χ0v) is 15.5. The van der Waals surface area contributed by atoms with Gasteiger partial charge in [-0.3, -0.25) is 4.79 Å². The molecule has 146 valence electrons. The first kappa shape index (κ1) is 18.8. The largest absolute Gasteiger partial charge is 0.417 e. The number of aromatic nitrogens is 1. The van der Waals surface area contributed by atoms with E-state index in [1.54, 1.807) is 42.5 Å². The molecule has 1 aromatic heterocycles. The first-order valence-electron chi connectivity index (χ1n) is 8.96. The summed E-state index contributed by atoms with van der Waals surface area (Å²) in [6.07, 6.45) is -2.77. The Morgan fingerprint density at radius 2 is 1.69 bits per heavy atom. The number of hydrogen-bond acceptors (Lipinski definition) is 1. The maximum Gasteiger partial charge on any atom is 0.417 e. The summed E-state index contributed by atoms with van der Waals surface area (Å²) in [5, 5.41) is 3.52. The van der Waals surface area contributed by atoms with Gasteiger partial charge in [0.15, 0.2) is 0 Å². The van der Waals surface area contributed by atoms with Crippen LogP contribution < -0.4 is 5.32 Å². The van der Waals surface area contributed by atoms with Gasteiger partial charge in [0.05, 0.1) is 11.1 Å². The van der Waals surface area contributed by atoms with Crippen LogP contribution in [0.1, 0.15) is 15.9 Å². The third-order valence-electron chi connectivity index (χ3n) is 4.82. The SMILES string of the molecule is Cn1ccc2cc(NC(=O)c3c(-c4ccccc4)cccc3C(F)(F)F)ccc21. The van der Waals surface area contributed by atoms with Crippen LogP contribution >= 0.6 is 0 Å². The van der Waals surface area contributed by atoms with Gasteiger partial charge in [0.25, 0.3) is 5.91 Å². The molecule has 0 aliphatic carbocycles. The van der Waals surface area contributed by atoms with Gasteiger partial charge in [-0.2, -0.15) is 13.2 Å². The average molecular weight is 394 g/mol. The van der Waals surface area contributed by atoms with Crippen LogP contribution in [-0.4, -0.2) is 10.5 Å². The molecule has 0 atom stereocenters. The number of carbonyl (C=O) groups excluding carboxylic acids is 1. The van der Waals surface area contributed by atoms with Crippen molar-refractivity contribution >= 4 is 22.5 Å². The van der Waals surface area contributed by atoms with Crippen LogP contribution in [0.5, 0.6) is 0 Å². The van der Waals surface area contributed by atoms with Gasteiger partial charge in [0.2, 0.25) is 0 Å². The van der Waals surface area contributed by atoms with Gasteiger partial charge in [-0.25, -0.2) is 0 Å². The van der Waals surface area contributed by atoms with Crippen molar-refractivity contribution in [3.05, 3.63) is 90.1 Å². The van der Waals surface area contributed by atoms with E-state index < -0.39 is 17.6 Å². The molecule has 0 unspecified atom stereocenters. The maximum absolute atomic E-state index is 13.7. The Labute approximate surface area is 165 Å². The Bertz CT molecular complexity index is 1190. The normalized spacial score (nSPS) is 11.6. The number of alkyl halides is 3. The first-order valence-corrected chi connectivity index (χ1v) is 8.96. The van der Waals surface area contributed by atoms with Crippen molar-refractivity contribution in [1.82, 2.24) is 4.57 Å². The van der Waals surface area contributed by atoms with Crippen LogP contribution in [0, 0.1) is 0 Å². The molecule has 4 aromatic rings. The van der Waals surface area contributed by atoms with Crippen LogP contribution in [0.2, 0.25) is 0 Å². The minimum Gasteiger partial charge on any atom is -0.351 e. The van der Waals surface area contributed by atoms with Crippen LogP contribution in [0.3, 0.4) is 0 Å². The number of amides is 1. The molecular formula is C23H17F3N2O. The molecule has 1 heterocycles. The smallest absolute Gasteiger partial charge is 0.351 e. The van der Waals surface area contributed by atoms with Gasteiger partial charge < -0.3 is 9.88 Å². The van der Waals surface area contributed by atoms with E-state index >= 15 is 0 Å². The topological polar surface area (TPSA) is 34.0 Å². The number of aryl methyl sites for hydroxylation is 1. The van der Waals surface area contributed by atoms with E-state index in [4.69, 9.17) is 0 Å². The molecule has 1 N–H and O–H groups in total. The highest BCUT2D eigenvalue weighted by atomic mass is 19.4. The Kier molecular flexibility index (Phi) is 4.62. The Morgan fingerprint density at radius 3 is 2.41 bits per heavy atom. The molecule has 0 fully saturated rings. The summed E-state index contributed by atoms with van der Waals surface area (Å²) in [5.41, 5.74) is 0.825. The zero-order valence-electron chi connectivity index (χ0n) is 15.5. The number of anilines is 1. The fourth-order valence-electron chi connectivity index (χ4n) is 3.44. The summed E-state index contributed by atoms with van der Waals surface area (Å²) in [4.78, 5) is 13.0. The zero-order chi connectivity index (χ0) is 20.6. The molecule has 3 nitrogen and oxygen atoms in total. The van der Waals surface area contributed by atoms with E-state index in [0.29, 0.717) is 11.3 Å². The van der Waals surface area contributed by atoms with E-state index in [0.717, 1.165) is 17.0 Å². The van der Waals surface area contributed by atoms with E-state index in [-0.39, 0.29) is 11.1 Å². The van der Waals surface area contributed by atoms with E-state index in [1.165, 1.54) is 12.1 Å². The predicted octanol–water partition coefficient (Wildman–Crippen LogP) is 6.12. The summed E-state index contributed by atoms with van der Waals surface area (Å²) in [7, 11) is 1.90. The number of benzene rings is 3. The minimum atomic E-state index is -4.65. The summed E-state index contributed by atoms with van der Waals surface area (Å²) in [6, 6.07) is 19.5. The number of halogens is 3. The molecule has 3 aromatic carbocycles. The number of hydrogen-bond donors (Lipinski definition) is 1. The number of rotatable bonds is 3.